The molecule has 1 aliphatic heterocycles. The molecule has 0 aliphatic carbocycles. The number of fused-ring (bicyclic) bond motifs is 1. The van der Waals surface area contributed by atoms with Gasteiger partial charge < -0.3 is 15.2 Å². The van der Waals surface area contributed by atoms with E-state index in [1.54, 1.807) is 0 Å². The zero-order valence-electron chi connectivity index (χ0n) is 12.2. The molecule has 0 saturated heterocycles. The van der Waals surface area contributed by atoms with Gasteiger partial charge in [-0.2, -0.15) is 0 Å². The highest BCUT2D eigenvalue weighted by atomic mass is 35.5. The standard InChI is InChI=1S/C15H23ClN2O2/c1-3-5-18(4-2)13(10-17)11-8-12(16)15-14(9-11)19-6-7-20-15/h8-9,13H,3-7,10,17H2,1-2H3. The molecule has 20 heavy (non-hydrogen) atoms. The summed E-state index contributed by atoms with van der Waals surface area (Å²) in [4.78, 5) is 2.36. The predicted molar refractivity (Wildman–Crippen MR) is 81.8 cm³/mol. The monoisotopic (exact) mass is 298 g/mol. The van der Waals surface area contributed by atoms with Gasteiger partial charge in [-0.15, -0.1) is 0 Å². The second-order valence-electron chi connectivity index (χ2n) is 4.91. The fourth-order valence-electron chi connectivity index (χ4n) is 2.64. The van der Waals surface area contributed by atoms with Gasteiger partial charge in [0.1, 0.15) is 13.2 Å². The lowest BCUT2D eigenvalue weighted by atomic mass is 10.0. The first-order valence-corrected chi connectivity index (χ1v) is 7.62. The lowest BCUT2D eigenvalue weighted by Gasteiger charge is -2.31. The molecule has 0 bridgehead atoms. The van der Waals surface area contributed by atoms with E-state index in [2.05, 4.69) is 18.7 Å². The van der Waals surface area contributed by atoms with Crippen LogP contribution in [0.15, 0.2) is 12.1 Å². The minimum atomic E-state index is 0.160. The highest BCUT2D eigenvalue weighted by molar-refractivity contribution is 6.32. The first kappa shape index (κ1) is 15.4. The lowest BCUT2D eigenvalue weighted by molar-refractivity contribution is 0.170. The first-order chi connectivity index (χ1) is 9.71. The molecule has 4 nitrogen and oxygen atoms in total. The Morgan fingerprint density at radius 1 is 1.30 bits per heavy atom. The minimum Gasteiger partial charge on any atom is -0.486 e. The van der Waals surface area contributed by atoms with Crippen molar-refractivity contribution in [2.24, 2.45) is 5.73 Å². The first-order valence-electron chi connectivity index (χ1n) is 7.24. The molecule has 5 heteroatoms. The van der Waals surface area contributed by atoms with Crippen molar-refractivity contribution in [3.63, 3.8) is 0 Å². The molecule has 2 rings (SSSR count). The second-order valence-corrected chi connectivity index (χ2v) is 5.31. The summed E-state index contributed by atoms with van der Waals surface area (Å²) in [5.41, 5.74) is 7.08. The normalized spacial score (nSPS) is 15.4. The van der Waals surface area contributed by atoms with Gasteiger partial charge in [-0.25, -0.2) is 0 Å². The van der Waals surface area contributed by atoms with Crippen molar-refractivity contribution >= 4 is 11.6 Å². The van der Waals surface area contributed by atoms with E-state index < -0.39 is 0 Å². The summed E-state index contributed by atoms with van der Waals surface area (Å²) in [5.74, 6) is 1.38. The third-order valence-electron chi connectivity index (χ3n) is 3.58. The van der Waals surface area contributed by atoms with Crippen molar-refractivity contribution in [2.75, 3.05) is 32.8 Å². The van der Waals surface area contributed by atoms with Crippen molar-refractivity contribution in [2.45, 2.75) is 26.3 Å². The Morgan fingerprint density at radius 2 is 2.05 bits per heavy atom. The third-order valence-corrected chi connectivity index (χ3v) is 3.87. The Kier molecular flexibility index (Phi) is 5.52. The SMILES string of the molecule is CCCN(CC)C(CN)c1cc(Cl)c2c(c1)OCCO2. The quantitative estimate of drug-likeness (QED) is 0.877. The molecular formula is C15H23ClN2O2. The smallest absolute Gasteiger partial charge is 0.179 e. The maximum absolute atomic E-state index is 6.31. The molecule has 1 atom stereocenters. The van der Waals surface area contributed by atoms with Gasteiger partial charge >= 0.3 is 0 Å². The highest BCUT2D eigenvalue weighted by Crippen LogP contribution is 2.40. The average molecular weight is 299 g/mol. The summed E-state index contributed by atoms with van der Waals surface area (Å²) >= 11 is 6.31. The van der Waals surface area contributed by atoms with E-state index in [1.165, 1.54) is 0 Å². The Labute approximate surface area is 125 Å². The maximum atomic E-state index is 6.31. The summed E-state index contributed by atoms with van der Waals surface area (Å²) in [6, 6.07) is 4.12. The van der Waals surface area contributed by atoms with E-state index in [0.717, 1.165) is 30.8 Å². The second kappa shape index (κ2) is 7.16. The van der Waals surface area contributed by atoms with Crippen LogP contribution in [0.2, 0.25) is 5.02 Å². The fraction of sp³-hybridized carbons (Fsp3) is 0.600. The summed E-state index contributed by atoms with van der Waals surface area (Å²) < 4.78 is 11.2. The molecule has 0 amide bonds. The maximum Gasteiger partial charge on any atom is 0.179 e. The Hall–Kier alpha value is -0.970. The predicted octanol–water partition coefficient (Wildman–Crippen LogP) is 2.84. The summed E-state index contributed by atoms with van der Waals surface area (Å²) in [6.45, 7) is 7.97. The van der Waals surface area contributed by atoms with Gasteiger partial charge in [0, 0.05) is 12.6 Å². The van der Waals surface area contributed by atoms with Crippen molar-refractivity contribution in [3.05, 3.63) is 22.7 Å². The Balaban J connectivity index is 2.32. The van der Waals surface area contributed by atoms with Crippen LogP contribution in [-0.4, -0.2) is 37.7 Å². The molecule has 0 saturated carbocycles. The molecule has 1 unspecified atom stereocenters. The van der Waals surface area contributed by atoms with Gasteiger partial charge in [-0.3, -0.25) is 4.90 Å². The molecule has 0 spiro atoms. The Morgan fingerprint density at radius 3 is 2.70 bits per heavy atom. The number of hydrogen-bond acceptors (Lipinski definition) is 4. The molecule has 1 aromatic carbocycles. The molecule has 0 radical (unpaired) electrons. The van der Waals surface area contributed by atoms with Gasteiger partial charge in [0.2, 0.25) is 0 Å². The molecule has 2 N–H and O–H groups in total. The van der Waals surface area contributed by atoms with Crippen LogP contribution >= 0.6 is 11.6 Å². The van der Waals surface area contributed by atoms with Crippen LogP contribution in [0.5, 0.6) is 11.5 Å². The molecular weight excluding hydrogens is 276 g/mol. The minimum absolute atomic E-state index is 0.160. The van der Waals surface area contributed by atoms with Crippen LogP contribution in [0.1, 0.15) is 31.9 Å². The van der Waals surface area contributed by atoms with Crippen LogP contribution in [-0.2, 0) is 0 Å². The van der Waals surface area contributed by atoms with E-state index in [1.807, 2.05) is 12.1 Å². The number of likely N-dealkylation sites (N-methyl/N-ethyl adjacent to an activating group) is 1. The van der Waals surface area contributed by atoms with Crippen molar-refractivity contribution in [3.8, 4) is 11.5 Å². The highest BCUT2D eigenvalue weighted by Gasteiger charge is 2.22. The van der Waals surface area contributed by atoms with E-state index >= 15 is 0 Å². The van der Waals surface area contributed by atoms with Crippen LogP contribution in [0.4, 0.5) is 0 Å². The summed E-state index contributed by atoms with van der Waals surface area (Å²) in [7, 11) is 0. The van der Waals surface area contributed by atoms with Crippen LogP contribution in [0.25, 0.3) is 0 Å². The fourth-order valence-corrected chi connectivity index (χ4v) is 2.91. The van der Waals surface area contributed by atoms with Crippen LogP contribution in [0.3, 0.4) is 0 Å². The number of rotatable bonds is 6. The van der Waals surface area contributed by atoms with Crippen molar-refractivity contribution in [1.29, 1.82) is 0 Å². The molecule has 0 aromatic heterocycles. The van der Waals surface area contributed by atoms with Gasteiger partial charge in [0.05, 0.1) is 5.02 Å². The zero-order chi connectivity index (χ0) is 14.5. The van der Waals surface area contributed by atoms with Crippen molar-refractivity contribution in [1.82, 2.24) is 4.90 Å². The van der Waals surface area contributed by atoms with Crippen LogP contribution in [0, 0.1) is 0 Å². The molecule has 112 valence electrons. The average Bonchev–Trinajstić information content (AvgIpc) is 2.47. The number of halogens is 1. The number of hydrogen-bond donors (Lipinski definition) is 1. The van der Waals surface area contributed by atoms with Gasteiger partial charge in [-0.05, 0) is 37.2 Å². The number of nitrogens with zero attached hydrogens (tertiary/aromatic N) is 1. The van der Waals surface area contributed by atoms with Gasteiger partial charge in [-0.1, -0.05) is 25.4 Å². The number of ether oxygens (including phenoxy) is 2. The summed E-state index contributed by atoms with van der Waals surface area (Å²) in [5, 5.41) is 0.600. The van der Waals surface area contributed by atoms with E-state index in [-0.39, 0.29) is 6.04 Å². The van der Waals surface area contributed by atoms with Crippen molar-refractivity contribution < 1.29 is 9.47 Å². The van der Waals surface area contributed by atoms with E-state index in [0.29, 0.717) is 30.5 Å². The largest absolute Gasteiger partial charge is 0.486 e. The van der Waals surface area contributed by atoms with Crippen LogP contribution < -0.4 is 15.2 Å². The topological polar surface area (TPSA) is 47.7 Å². The molecule has 1 heterocycles. The molecule has 0 fully saturated rings. The van der Waals surface area contributed by atoms with Gasteiger partial charge in [0.25, 0.3) is 0 Å². The number of benzene rings is 1. The lowest BCUT2D eigenvalue weighted by Crippen LogP contribution is -2.34. The van der Waals surface area contributed by atoms with E-state index in [4.69, 9.17) is 26.8 Å². The zero-order valence-corrected chi connectivity index (χ0v) is 12.9. The van der Waals surface area contributed by atoms with Gasteiger partial charge in [0.15, 0.2) is 11.5 Å². The third kappa shape index (κ3) is 3.19. The van der Waals surface area contributed by atoms with E-state index in [9.17, 15) is 0 Å². The number of nitrogens with two attached hydrogens (primary N) is 1. The summed E-state index contributed by atoms with van der Waals surface area (Å²) in [6.07, 6.45) is 1.10. The molecule has 1 aromatic rings. The molecule has 1 aliphatic rings. The Bertz CT molecular complexity index is 454.